The first-order chi connectivity index (χ1) is 13.7. The quantitative estimate of drug-likeness (QED) is 0.670. The molecule has 1 aliphatic rings. The number of para-hydroxylation sites is 1. The van der Waals surface area contributed by atoms with Crippen LogP contribution in [0.4, 0.5) is 0 Å². The van der Waals surface area contributed by atoms with E-state index in [9.17, 15) is 9.59 Å². The number of aromatic nitrogens is 1. The maximum Gasteiger partial charge on any atom is 0.222 e. The average Bonchev–Trinajstić information content (AvgIpc) is 3.19. The van der Waals surface area contributed by atoms with E-state index in [-0.39, 0.29) is 23.7 Å². The van der Waals surface area contributed by atoms with Gasteiger partial charge >= 0.3 is 0 Å². The Morgan fingerprint density at radius 3 is 2.43 bits per heavy atom. The number of piperidine rings is 1. The van der Waals surface area contributed by atoms with Gasteiger partial charge < -0.3 is 10.3 Å². The number of hydrogen-bond acceptors (Lipinski definition) is 3. The molecular weight excluding hydrogens is 350 g/mol. The second-order valence-electron chi connectivity index (χ2n) is 7.35. The molecule has 1 fully saturated rings. The Morgan fingerprint density at radius 1 is 1.04 bits per heavy atom. The summed E-state index contributed by atoms with van der Waals surface area (Å²) in [5, 5.41) is 3.70. The van der Waals surface area contributed by atoms with Gasteiger partial charge in [-0.15, -0.1) is 0 Å². The maximum atomic E-state index is 13.7. The number of ketones is 1. The third kappa shape index (κ3) is 3.45. The zero-order chi connectivity index (χ0) is 19.5. The van der Waals surface area contributed by atoms with Crippen LogP contribution in [0.5, 0.6) is 0 Å². The highest BCUT2D eigenvalue weighted by Gasteiger charge is 2.34. The summed E-state index contributed by atoms with van der Waals surface area (Å²) in [4.78, 5) is 31.1. The number of carbonyl (C=O) groups is 2. The summed E-state index contributed by atoms with van der Waals surface area (Å²) >= 11 is 0. The van der Waals surface area contributed by atoms with Crippen molar-refractivity contribution in [3.8, 4) is 0 Å². The number of hydrogen-bond donors (Lipinski definition) is 2. The SMILES string of the molecule is CNC(=O)C1CCN([C@@H](C(=O)c2c[nH]c3ccccc23)c2ccccc2)CC1. The molecule has 1 atom stereocenters. The highest BCUT2D eigenvalue weighted by molar-refractivity contribution is 6.10. The molecule has 4 rings (SSSR count). The summed E-state index contributed by atoms with van der Waals surface area (Å²) in [5.74, 6) is 0.224. The summed E-state index contributed by atoms with van der Waals surface area (Å²) in [5.41, 5.74) is 2.69. The van der Waals surface area contributed by atoms with Crippen LogP contribution in [0.3, 0.4) is 0 Å². The Labute approximate surface area is 164 Å². The maximum absolute atomic E-state index is 13.7. The number of rotatable bonds is 5. The van der Waals surface area contributed by atoms with E-state index in [0.29, 0.717) is 0 Å². The smallest absolute Gasteiger partial charge is 0.222 e. The molecule has 5 heteroatoms. The zero-order valence-electron chi connectivity index (χ0n) is 16.0. The topological polar surface area (TPSA) is 65.2 Å². The number of Topliss-reactive ketones (excluding diaryl/α,β-unsaturated/α-hetero) is 1. The van der Waals surface area contributed by atoms with Crippen molar-refractivity contribution >= 4 is 22.6 Å². The minimum Gasteiger partial charge on any atom is -0.360 e. The van der Waals surface area contributed by atoms with Crippen LogP contribution in [0.15, 0.2) is 60.8 Å². The van der Waals surface area contributed by atoms with Crippen molar-refractivity contribution in [1.29, 1.82) is 0 Å². The Bertz CT molecular complexity index is 972. The molecule has 2 heterocycles. The van der Waals surface area contributed by atoms with Crippen LogP contribution in [0, 0.1) is 5.92 Å². The molecule has 28 heavy (non-hydrogen) atoms. The molecule has 2 aromatic carbocycles. The first kappa shape index (κ1) is 18.4. The Morgan fingerprint density at radius 2 is 1.71 bits per heavy atom. The number of H-pyrrole nitrogens is 1. The number of nitrogens with zero attached hydrogens (tertiary/aromatic N) is 1. The molecule has 0 saturated carbocycles. The van der Waals surface area contributed by atoms with Gasteiger partial charge in [0.2, 0.25) is 5.91 Å². The summed E-state index contributed by atoms with van der Waals surface area (Å²) < 4.78 is 0. The molecule has 1 saturated heterocycles. The fraction of sp³-hybridized carbons (Fsp3) is 0.304. The van der Waals surface area contributed by atoms with Gasteiger partial charge in [0, 0.05) is 35.6 Å². The van der Waals surface area contributed by atoms with Crippen molar-refractivity contribution in [2.75, 3.05) is 20.1 Å². The normalized spacial score (nSPS) is 16.8. The van der Waals surface area contributed by atoms with Gasteiger partial charge in [-0.2, -0.15) is 0 Å². The van der Waals surface area contributed by atoms with Gasteiger partial charge in [-0.3, -0.25) is 14.5 Å². The van der Waals surface area contributed by atoms with Gasteiger partial charge in [-0.05, 0) is 37.6 Å². The number of likely N-dealkylation sites (tertiary alicyclic amines) is 1. The van der Waals surface area contributed by atoms with E-state index >= 15 is 0 Å². The van der Waals surface area contributed by atoms with Crippen LogP contribution in [0.1, 0.15) is 34.8 Å². The van der Waals surface area contributed by atoms with Crippen LogP contribution in [0.2, 0.25) is 0 Å². The van der Waals surface area contributed by atoms with Gasteiger partial charge in [0.25, 0.3) is 0 Å². The van der Waals surface area contributed by atoms with Crippen LogP contribution in [0.25, 0.3) is 10.9 Å². The largest absolute Gasteiger partial charge is 0.360 e. The first-order valence-corrected chi connectivity index (χ1v) is 9.80. The van der Waals surface area contributed by atoms with Gasteiger partial charge in [-0.25, -0.2) is 0 Å². The fourth-order valence-corrected chi connectivity index (χ4v) is 4.21. The van der Waals surface area contributed by atoms with Crippen molar-refractivity contribution in [3.63, 3.8) is 0 Å². The van der Waals surface area contributed by atoms with E-state index < -0.39 is 0 Å². The van der Waals surface area contributed by atoms with E-state index in [1.165, 1.54) is 0 Å². The monoisotopic (exact) mass is 375 g/mol. The minimum atomic E-state index is -0.342. The third-order valence-electron chi connectivity index (χ3n) is 5.73. The second-order valence-corrected chi connectivity index (χ2v) is 7.35. The molecule has 144 valence electrons. The standard InChI is InChI=1S/C23H25N3O2/c1-24-23(28)17-11-13-26(14-12-17)21(16-7-3-2-4-8-16)22(27)19-15-25-20-10-6-5-9-18(19)20/h2-10,15,17,21,25H,11-14H2,1H3,(H,24,28)/t21-/m1/s1. The van der Waals surface area contributed by atoms with Gasteiger partial charge in [-0.1, -0.05) is 48.5 Å². The molecule has 0 aliphatic carbocycles. The summed E-state index contributed by atoms with van der Waals surface area (Å²) in [7, 11) is 1.68. The van der Waals surface area contributed by atoms with Crippen molar-refractivity contribution in [1.82, 2.24) is 15.2 Å². The molecule has 1 aliphatic heterocycles. The average molecular weight is 375 g/mol. The summed E-state index contributed by atoms with van der Waals surface area (Å²) in [6, 6.07) is 17.5. The molecule has 0 radical (unpaired) electrons. The summed E-state index contributed by atoms with van der Waals surface area (Å²) in [6.45, 7) is 1.46. The molecule has 1 amide bonds. The zero-order valence-corrected chi connectivity index (χ0v) is 16.0. The van der Waals surface area contributed by atoms with Crippen LogP contribution >= 0.6 is 0 Å². The number of benzene rings is 2. The van der Waals surface area contributed by atoms with Gasteiger partial charge in [0.1, 0.15) is 0 Å². The van der Waals surface area contributed by atoms with E-state index in [4.69, 9.17) is 0 Å². The highest BCUT2D eigenvalue weighted by atomic mass is 16.2. The lowest BCUT2D eigenvalue weighted by atomic mass is 9.90. The number of fused-ring (bicyclic) bond motifs is 1. The Balaban J connectivity index is 1.65. The Kier molecular flexibility index (Phi) is 5.26. The lowest BCUT2D eigenvalue weighted by Crippen LogP contribution is -2.43. The van der Waals surface area contributed by atoms with Crippen molar-refractivity contribution < 1.29 is 9.59 Å². The molecule has 2 N–H and O–H groups in total. The predicted molar refractivity (Wildman–Crippen MR) is 110 cm³/mol. The first-order valence-electron chi connectivity index (χ1n) is 9.80. The fourth-order valence-electron chi connectivity index (χ4n) is 4.21. The minimum absolute atomic E-state index is 0.0286. The van der Waals surface area contributed by atoms with Crippen molar-refractivity contribution in [2.45, 2.75) is 18.9 Å². The summed E-state index contributed by atoms with van der Waals surface area (Å²) in [6.07, 6.45) is 3.36. The van der Waals surface area contributed by atoms with E-state index in [1.807, 2.05) is 60.8 Å². The predicted octanol–water partition coefficient (Wildman–Crippen LogP) is 3.55. The highest BCUT2D eigenvalue weighted by Crippen LogP contribution is 2.32. The molecule has 0 unspecified atom stereocenters. The molecule has 3 aromatic rings. The second kappa shape index (κ2) is 7.98. The number of amides is 1. The lowest BCUT2D eigenvalue weighted by Gasteiger charge is -2.36. The van der Waals surface area contributed by atoms with Gasteiger partial charge in [0.15, 0.2) is 5.78 Å². The van der Waals surface area contributed by atoms with E-state index in [0.717, 1.165) is 48.0 Å². The number of carbonyl (C=O) groups excluding carboxylic acids is 2. The molecule has 5 nitrogen and oxygen atoms in total. The Hall–Kier alpha value is -2.92. The number of aromatic amines is 1. The van der Waals surface area contributed by atoms with E-state index in [1.54, 1.807) is 7.05 Å². The third-order valence-corrected chi connectivity index (χ3v) is 5.73. The molecule has 1 aromatic heterocycles. The lowest BCUT2D eigenvalue weighted by molar-refractivity contribution is -0.126. The molecular formula is C23H25N3O2. The number of nitrogens with one attached hydrogen (secondary N) is 2. The molecule has 0 spiro atoms. The molecule has 0 bridgehead atoms. The van der Waals surface area contributed by atoms with Crippen molar-refractivity contribution in [3.05, 3.63) is 71.9 Å². The van der Waals surface area contributed by atoms with Gasteiger partial charge in [0.05, 0.1) is 6.04 Å². The van der Waals surface area contributed by atoms with E-state index in [2.05, 4.69) is 15.2 Å². The van der Waals surface area contributed by atoms with Crippen molar-refractivity contribution in [2.24, 2.45) is 5.92 Å². The van der Waals surface area contributed by atoms with Crippen LogP contribution in [-0.4, -0.2) is 41.7 Å². The van der Waals surface area contributed by atoms with Crippen LogP contribution in [-0.2, 0) is 4.79 Å². The van der Waals surface area contributed by atoms with Crippen LogP contribution < -0.4 is 5.32 Å².